The second-order valence-corrected chi connectivity index (χ2v) is 3.58. The highest BCUT2D eigenvalue weighted by Crippen LogP contribution is 2.15. The number of nitro groups is 1. The van der Waals surface area contributed by atoms with Crippen LogP contribution in [-0.4, -0.2) is 23.9 Å². The highest BCUT2D eigenvalue weighted by molar-refractivity contribution is 5.97. The smallest absolute Gasteiger partial charge is 0.354 e. The number of esters is 1. The molecular formula is C12H12N2O5. The predicted molar refractivity (Wildman–Crippen MR) is 66.9 cm³/mol. The number of ether oxygens (including phenoxy) is 1. The largest absolute Gasteiger partial charge is 0.464 e. The van der Waals surface area contributed by atoms with E-state index in [1.54, 1.807) is 6.07 Å². The zero-order valence-corrected chi connectivity index (χ0v) is 10.4. The molecule has 7 nitrogen and oxygen atoms in total. The molecule has 19 heavy (non-hydrogen) atoms. The Labute approximate surface area is 109 Å². The monoisotopic (exact) mass is 264 g/mol. The van der Waals surface area contributed by atoms with Crippen molar-refractivity contribution >= 4 is 23.6 Å². The summed E-state index contributed by atoms with van der Waals surface area (Å²) >= 11 is 0. The van der Waals surface area contributed by atoms with E-state index in [4.69, 9.17) is 0 Å². The minimum Gasteiger partial charge on any atom is -0.464 e. The van der Waals surface area contributed by atoms with Crippen molar-refractivity contribution in [2.24, 2.45) is 0 Å². The van der Waals surface area contributed by atoms with E-state index in [1.165, 1.54) is 38.3 Å². The maximum atomic E-state index is 11.4. The van der Waals surface area contributed by atoms with Crippen LogP contribution in [0, 0.1) is 10.1 Å². The van der Waals surface area contributed by atoms with Gasteiger partial charge in [0.1, 0.15) is 5.70 Å². The molecule has 0 fully saturated rings. The van der Waals surface area contributed by atoms with E-state index >= 15 is 0 Å². The van der Waals surface area contributed by atoms with Crippen LogP contribution in [-0.2, 0) is 14.3 Å². The second-order valence-electron chi connectivity index (χ2n) is 3.58. The van der Waals surface area contributed by atoms with E-state index in [-0.39, 0.29) is 11.4 Å². The molecule has 0 heterocycles. The fourth-order valence-electron chi connectivity index (χ4n) is 1.34. The van der Waals surface area contributed by atoms with E-state index in [2.05, 4.69) is 10.1 Å². The SMILES string of the molecule is COC(=O)/C(=C\c1cccc([N+](=O)[O-])c1)NC(C)=O. The lowest BCUT2D eigenvalue weighted by Crippen LogP contribution is -2.25. The maximum absolute atomic E-state index is 11.4. The zero-order valence-electron chi connectivity index (χ0n) is 10.4. The molecule has 0 spiro atoms. The van der Waals surface area contributed by atoms with Crippen molar-refractivity contribution in [2.75, 3.05) is 7.11 Å². The Morgan fingerprint density at radius 1 is 1.42 bits per heavy atom. The number of hydrogen-bond donors (Lipinski definition) is 1. The zero-order chi connectivity index (χ0) is 14.4. The number of amides is 1. The van der Waals surface area contributed by atoms with Gasteiger partial charge in [-0.15, -0.1) is 0 Å². The molecule has 1 rings (SSSR count). The van der Waals surface area contributed by atoms with Gasteiger partial charge in [-0.3, -0.25) is 14.9 Å². The predicted octanol–water partition coefficient (Wildman–Crippen LogP) is 1.24. The topological polar surface area (TPSA) is 98.5 Å². The van der Waals surface area contributed by atoms with Crippen LogP contribution in [0.3, 0.4) is 0 Å². The van der Waals surface area contributed by atoms with Crippen LogP contribution < -0.4 is 5.32 Å². The Morgan fingerprint density at radius 2 is 2.11 bits per heavy atom. The van der Waals surface area contributed by atoms with Crippen LogP contribution >= 0.6 is 0 Å². The maximum Gasteiger partial charge on any atom is 0.354 e. The van der Waals surface area contributed by atoms with Crippen molar-refractivity contribution in [3.05, 3.63) is 45.6 Å². The molecule has 1 N–H and O–H groups in total. The van der Waals surface area contributed by atoms with Crippen molar-refractivity contribution in [2.45, 2.75) is 6.92 Å². The summed E-state index contributed by atoms with van der Waals surface area (Å²) in [5.41, 5.74) is 0.208. The standard InChI is InChI=1S/C12H12N2O5/c1-8(15)13-11(12(16)19-2)7-9-4-3-5-10(6-9)14(17)18/h3-7H,1-2H3,(H,13,15)/b11-7+. The molecule has 0 aliphatic carbocycles. The lowest BCUT2D eigenvalue weighted by atomic mass is 10.1. The fraction of sp³-hybridized carbons (Fsp3) is 0.167. The van der Waals surface area contributed by atoms with Crippen molar-refractivity contribution in [3.8, 4) is 0 Å². The van der Waals surface area contributed by atoms with Gasteiger partial charge in [0.2, 0.25) is 5.91 Å². The lowest BCUT2D eigenvalue weighted by molar-refractivity contribution is -0.384. The third kappa shape index (κ3) is 4.23. The minimum atomic E-state index is -0.735. The number of nitrogens with one attached hydrogen (secondary N) is 1. The molecule has 1 amide bonds. The van der Waals surface area contributed by atoms with Gasteiger partial charge in [0.25, 0.3) is 5.69 Å². The van der Waals surface area contributed by atoms with E-state index in [0.29, 0.717) is 5.56 Å². The van der Waals surface area contributed by atoms with Crippen LogP contribution in [0.4, 0.5) is 5.69 Å². The van der Waals surface area contributed by atoms with Gasteiger partial charge in [0, 0.05) is 19.1 Å². The first kappa shape index (κ1) is 14.4. The second kappa shape index (κ2) is 6.29. The number of carbonyl (C=O) groups is 2. The van der Waals surface area contributed by atoms with Gasteiger partial charge in [0.05, 0.1) is 12.0 Å². The summed E-state index contributed by atoms with van der Waals surface area (Å²) in [5, 5.41) is 12.9. The summed E-state index contributed by atoms with van der Waals surface area (Å²) in [7, 11) is 1.17. The number of nitrogens with zero attached hydrogens (tertiary/aromatic N) is 1. The summed E-state index contributed by atoms with van der Waals surface area (Å²) in [6, 6.07) is 5.66. The van der Waals surface area contributed by atoms with Crippen LogP contribution in [0.15, 0.2) is 30.0 Å². The van der Waals surface area contributed by atoms with Crippen LogP contribution in [0.5, 0.6) is 0 Å². The van der Waals surface area contributed by atoms with Crippen molar-refractivity contribution in [1.82, 2.24) is 5.32 Å². The fourth-order valence-corrected chi connectivity index (χ4v) is 1.34. The van der Waals surface area contributed by atoms with Gasteiger partial charge >= 0.3 is 5.97 Å². The molecule has 7 heteroatoms. The Bertz CT molecular complexity index is 551. The summed E-state index contributed by atoms with van der Waals surface area (Å²) < 4.78 is 4.51. The van der Waals surface area contributed by atoms with Gasteiger partial charge in [-0.25, -0.2) is 4.79 Å². The molecular weight excluding hydrogens is 252 g/mol. The van der Waals surface area contributed by atoms with Crippen molar-refractivity contribution in [1.29, 1.82) is 0 Å². The highest BCUT2D eigenvalue weighted by atomic mass is 16.6. The molecule has 0 atom stereocenters. The average molecular weight is 264 g/mol. The first-order valence-electron chi connectivity index (χ1n) is 5.26. The summed E-state index contributed by atoms with van der Waals surface area (Å²) in [4.78, 5) is 32.5. The number of hydrogen-bond acceptors (Lipinski definition) is 5. The number of non-ortho nitro benzene ring substituents is 1. The van der Waals surface area contributed by atoms with E-state index in [9.17, 15) is 19.7 Å². The molecule has 1 aromatic rings. The molecule has 0 bridgehead atoms. The van der Waals surface area contributed by atoms with Crippen LogP contribution in [0.1, 0.15) is 12.5 Å². The molecule has 0 saturated heterocycles. The molecule has 0 unspecified atom stereocenters. The van der Waals surface area contributed by atoms with Gasteiger partial charge in [0.15, 0.2) is 0 Å². The number of nitro benzene ring substituents is 1. The number of carbonyl (C=O) groups excluding carboxylic acids is 2. The molecule has 0 aromatic heterocycles. The molecule has 100 valence electrons. The molecule has 0 saturated carbocycles. The Kier molecular flexibility index (Phi) is 4.76. The van der Waals surface area contributed by atoms with Crippen molar-refractivity contribution in [3.63, 3.8) is 0 Å². The van der Waals surface area contributed by atoms with Crippen molar-refractivity contribution < 1.29 is 19.2 Å². The average Bonchev–Trinajstić information content (AvgIpc) is 2.36. The van der Waals surface area contributed by atoms with Gasteiger partial charge in [-0.2, -0.15) is 0 Å². The Balaban J connectivity index is 3.13. The number of methoxy groups -OCH3 is 1. The third-order valence-corrected chi connectivity index (χ3v) is 2.11. The summed E-state index contributed by atoms with van der Waals surface area (Å²) in [6.07, 6.45) is 1.31. The Morgan fingerprint density at radius 3 is 2.63 bits per heavy atom. The number of benzene rings is 1. The Hall–Kier alpha value is -2.70. The summed E-state index contributed by atoms with van der Waals surface area (Å²) in [5.74, 6) is -1.18. The molecule has 0 aliphatic rings. The molecule has 0 aliphatic heterocycles. The normalized spacial score (nSPS) is 10.7. The first-order valence-corrected chi connectivity index (χ1v) is 5.26. The van der Waals surface area contributed by atoms with Gasteiger partial charge in [-0.1, -0.05) is 12.1 Å². The van der Waals surface area contributed by atoms with Crippen LogP contribution in [0.2, 0.25) is 0 Å². The van der Waals surface area contributed by atoms with E-state index in [0.717, 1.165) is 0 Å². The van der Waals surface area contributed by atoms with Crippen LogP contribution in [0.25, 0.3) is 6.08 Å². The first-order chi connectivity index (χ1) is 8.93. The number of rotatable bonds is 4. The van der Waals surface area contributed by atoms with Gasteiger partial charge < -0.3 is 10.1 Å². The minimum absolute atomic E-state index is 0.0875. The summed E-state index contributed by atoms with van der Waals surface area (Å²) in [6.45, 7) is 1.24. The quantitative estimate of drug-likeness (QED) is 0.382. The van der Waals surface area contributed by atoms with E-state index < -0.39 is 16.8 Å². The lowest BCUT2D eigenvalue weighted by Gasteiger charge is -2.05. The third-order valence-electron chi connectivity index (χ3n) is 2.11. The van der Waals surface area contributed by atoms with Gasteiger partial charge in [-0.05, 0) is 11.6 Å². The molecule has 0 radical (unpaired) electrons. The van der Waals surface area contributed by atoms with E-state index in [1.807, 2.05) is 0 Å². The highest BCUT2D eigenvalue weighted by Gasteiger charge is 2.12. The molecule has 1 aromatic carbocycles.